The highest BCUT2D eigenvalue weighted by Gasteiger charge is 2.31. The topological polar surface area (TPSA) is 0 Å². The van der Waals surface area contributed by atoms with Crippen molar-refractivity contribution in [1.29, 1.82) is 0 Å². The van der Waals surface area contributed by atoms with E-state index >= 15 is 0 Å². The second kappa shape index (κ2) is 3.83. The van der Waals surface area contributed by atoms with Crippen LogP contribution in [0.25, 0.3) is 0 Å². The number of rotatable bonds is 3. The Balaban J connectivity index is 2.29. The molecule has 1 unspecified atom stereocenters. The maximum Gasteiger partial charge on any atom is 0.130 e. The van der Waals surface area contributed by atoms with Crippen LogP contribution in [0.3, 0.4) is 0 Å². The van der Waals surface area contributed by atoms with Gasteiger partial charge in [-0.25, -0.2) is 8.78 Å². The van der Waals surface area contributed by atoms with E-state index in [4.69, 9.17) is 0 Å². The zero-order valence-electron chi connectivity index (χ0n) is 10.1. The average Bonchev–Trinajstić information content (AvgIpc) is 2.98. The third-order valence-electron chi connectivity index (χ3n) is 3.51. The lowest BCUT2D eigenvalue weighted by molar-refractivity contribution is 0.220. The van der Waals surface area contributed by atoms with Crippen molar-refractivity contribution in [2.45, 2.75) is 45.2 Å². The smallest absolute Gasteiger partial charge is 0.130 e. The van der Waals surface area contributed by atoms with Gasteiger partial charge in [-0.2, -0.15) is 0 Å². The lowest BCUT2D eigenvalue weighted by atomic mass is 9.92. The average molecular weight is 224 g/mol. The molecule has 1 atom stereocenters. The minimum absolute atomic E-state index is 0.261. The molecular weight excluding hydrogens is 206 g/mol. The van der Waals surface area contributed by atoms with E-state index in [1.807, 2.05) is 0 Å². The Labute approximate surface area is 95.7 Å². The van der Waals surface area contributed by atoms with Crippen molar-refractivity contribution in [3.63, 3.8) is 0 Å². The van der Waals surface area contributed by atoms with E-state index in [-0.39, 0.29) is 11.7 Å². The zero-order valence-corrected chi connectivity index (χ0v) is 10.1. The fourth-order valence-electron chi connectivity index (χ4n) is 2.12. The minimum Gasteiger partial charge on any atom is -0.239 e. The van der Waals surface area contributed by atoms with Crippen LogP contribution in [0.5, 0.6) is 0 Å². The Hall–Kier alpha value is -0.920. The first kappa shape index (κ1) is 11.6. The maximum absolute atomic E-state index is 13.9. The van der Waals surface area contributed by atoms with Gasteiger partial charge in [0.25, 0.3) is 0 Å². The molecule has 88 valence electrons. The highest BCUT2D eigenvalue weighted by molar-refractivity contribution is 5.30. The van der Waals surface area contributed by atoms with Gasteiger partial charge < -0.3 is 0 Å². The molecule has 1 aromatic carbocycles. The summed E-state index contributed by atoms with van der Waals surface area (Å²) in [6.07, 6.45) is 2.38. The third-order valence-corrected chi connectivity index (χ3v) is 3.51. The molecular formula is C14H18F2. The Morgan fingerprint density at radius 2 is 1.94 bits per heavy atom. The molecule has 0 aliphatic heterocycles. The van der Waals surface area contributed by atoms with E-state index in [0.717, 1.165) is 5.56 Å². The molecule has 1 fully saturated rings. The fraction of sp³-hybridized carbons (Fsp3) is 0.571. The molecule has 1 aromatic rings. The largest absolute Gasteiger partial charge is 0.239 e. The van der Waals surface area contributed by atoms with Gasteiger partial charge in [-0.3, -0.25) is 0 Å². The summed E-state index contributed by atoms with van der Waals surface area (Å²) in [7, 11) is 0. The molecule has 0 N–H and O–H groups in total. The summed E-state index contributed by atoms with van der Waals surface area (Å²) in [5, 5.41) is 0. The SMILES string of the molecule is CC(c1ccc(C(C)(C)F)cc1F)C1CC1. The number of hydrogen-bond acceptors (Lipinski definition) is 0. The van der Waals surface area contributed by atoms with E-state index in [9.17, 15) is 8.78 Å². The van der Waals surface area contributed by atoms with E-state index in [1.165, 1.54) is 32.8 Å². The van der Waals surface area contributed by atoms with Gasteiger partial charge in [0.15, 0.2) is 0 Å². The highest BCUT2D eigenvalue weighted by Crippen LogP contribution is 2.43. The van der Waals surface area contributed by atoms with E-state index < -0.39 is 5.67 Å². The van der Waals surface area contributed by atoms with Gasteiger partial charge in [0.05, 0.1) is 0 Å². The van der Waals surface area contributed by atoms with Crippen LogP contribution < -0.4 is 0 Å². The first-order valence-electron chi connectivity index (χ1n) is 5.88. The molecule has 0 amide bonds. The lowest BCUT2D eigenvalue weighted by Gasteiger charge is -2.17. The van der Waals surface area contributed by atoms with E-state index in [0.29, 0.717) is 11.5 Å². The number of benzene rings is 1. The van der Waals surface area contributed by atoms with Gasteiger partial charge >= 0.3 is 0 Å². The first-order valence-corrected chi connectivity index (χ1v) is 5.88. The van der Waals surface area contributed by atoms with Crippen molar-refractivity contribution in [3.8, 4) is 0 Å². The summed E-state index contributed by atoms with van der Waals surface area (Å²) in [5.41, 5.74) is -0.324. The van der Waals surface area contributed by atoms with Crippen molar-refractivity contribution in [2.75, 3.05) is 0 Å². The second-order valence-electron chi connectivity index (χ2n) is 5.33. The van der Waals surface area contributed by atoms with Crippen LogP contribution in [-0.2, 0) is 5.67 Å². The summed E-state index contributed by atoms with van der Waals surface area (Å²) in [6.45, 7) is 4.95. The highest BCUT2D eigenvalue weighted by atomic mass is 19.1. The molecule has 0 saturated heterocycles. The Morgan fingerprint density at radius 1 is 1.31 bits per heavy atom. The van der Waals surface area contributed by atoms with Gasteiger partial charge in [-0.1, -0.05) is 19.1 Å². The molecule has 0 heterocycles. The lowest BCUT2D eigenvalue weighted by Crippen LogP contribution is -2.10. The van der Waals surface area contributed by atoms with Crippen molar-refractivity contribution >= 4 is 0 Å². The van der Waals surface area contributed by atoms with Crippen LogP contribution in [0.4, 0.5) is 8.78 Å². The Morgan fingerprint density at radius 3 is 2.38 bits per heavy atom. The molecule has 1 aliphatic carbocycles. The van der Waals surface area contributed by atoms with Crippen LogP contribution in [0.15, 0.2) is 18.2 Å². The molecule has 0 aromatic heterocycles. The van der Waals surface area contributed by atoms with E-state index in [2.05, 4.69) is 6.92 Å². The quantitative estimate of drug-likeness (QED) is 0.707. The van der Waals surface area contributed by atoms with Crippen molar-refractivity contribution in [2.24, 2.45) is 5.92 Å². The first-order chi connectivity index (χ1) is 7.39. The molecule has 16 heavy (non-hydrogen) atoms. The van der Waals surface area contributed by atoms with Gasteiger partial charge in [0.1, 0.15) is 11.5 Å². The van der Waals surface area contributed by atoms with Crippen LogP contribution in [0.2, 0.25) is 0 Å². The molecule has 0 radical (unpaired) electrons. The minimum atomic E-state index is -1.47. The predicted molar refractivity (Wildman–Crippen MR) is 61.7 cm³/mol. The fourth-order valence-corrected chi connectivity index (χ4v) is 2.12. The van der Waals surface area contributed by atoms with Gasteiger partial charge in [-0.15, -0.1) is 0 Å². The molecule has 0 spiro atoms. The van der Waals surface area contributed by atoms with E-state index in [1.54, 1.807) is 12.1 Å². The number of alkyl halides is 1. The maximum atomic E-state index is 13.9. The van der Waals surface area contributed by atoms with Crippen LogP contribution in [0.1, 0.15) is 50.7 Å². The van der Waals surface area contributed by atoms with Crippen molar-refractivity contribution in [3.05, 3.63) is 35.1 Å². The zero-order chi connectivity index (χ0) is 11.9. The second-order valence-corrected chi connectivity index (χ2v) is 5.33. The summed E-state index contributed by atoms with van der Waals surface area (Å²) in [6, 6.07) is 4.79. The molecule has 0 bridgehead atoms. The number of halogens is 2. The summed E-state index contributed by atoms with van der Waals surface area (Å²) in [4.78, 5) is 0. The van der Waals surface area contributed by atoms with Gasteiger partial charge in [0, 0.05) is 0 Å². The number of hydrogen-bond donors (Lipinski definition) is 0. The van der Waals surface area contributed by atoms with Crippen LogP contribution in [0, 0.1) is 11.7 Å². The monoisotopic (exact) mass is 224 g/mol. The van der Waals surface area contributed by atoms with Crippen LogP contribution >= 0.6 is 0 Å². The predicted octanol–water partition coefficient (Wildman–Crippen LogP) is 4.54. The Kier molecular flexibility index (Phi) is 2.77. The van der Waals surface area contributed by atoms with Gasteiger partial charge in [-0.05, 0) is 55.7 Å². The molecule has 2 heteroatoms. The molecule has 1 saturated carbocycles. The molecule has 0 nitrogen and oxygen atoms in total. The normalized spacial score (nSPS) is 18.6. The van der Waals surface area contributed by atoms with Crippen molar-refractivity contribution in [1.82, 2.24) is 0 Å². The van der Waals surface area contributed by atoms with Gasteiger partial charge in [0.2, 0.25) is 0 Å². The standard InChI is InChI=1S/C14H18F2/c1-9(10-4-5-10)12-7-6-11(8-13(12)15)14(2,3)16/h6-10H,4-5H2,1-3H3. The van der Waals surface area contributed by atoms with Crippen molar-refractivity contribution < 1.29 is 8.78 Å². The summed E-state index contributed by atoms with van der Waals surface area (Å²) >= 11 is 0. The Bertz CT molecular complexity index is 386. The summed E-state index contributed by atoms with van der Waals surface area (Å²) < 4.78 is 27.5. The molecule has 1 aliphatic rings. The third kappa shape index (κ3) is 2.26. The summed E-state index contributed by atoms with van der Waals surface area (Å²) in [5.74, 6) is 0.623. The van der Waals surface area contributed by atoms with Crippen LogP contribution in [-0.4, -0.2) is 0 Å². The molecule has 2 rings (SSSR count).